The molecule has 0 aliphatic carbocycles. The highest BCUT2D eigenvalue weighted by Crippen LogP contribution is 2.46. The number of rotatable bonds is 6. The zero-order valence-electron chi connectivity index (χ0n) is 25.4. The molecular weight excluding hydrogens is 609 g/mol. The topological polar surface area (TPSA) is 16.1 Å². The Hall–Kier alpha value is -5.55. The molecule has 0 radical (unpaired) electrons. The van der Waals surface area contributed by atoms with Crippen LogP contribution in [0.5, 0.6) is 0 Å². The van der Waals surface area contributed by atoms with E-state index in [4.69, 9.17) is 4.98 Å². The Balaban J connectivity index is 1.14. The first kappa shape index (κ1) is 27.7. The molecular formula is C43H28N2S2. The number of benzene rings is 7. The standard InChI is InChI=1S/C43H28N2S2/c1-3-11-29(12-4-1)30-19-23-33(24-20-30)45(32-13-5-2-6-14-32)34-25-21-31(22-26-34)35-27-28-37(43-44-38-16-8-10-18-40(38)47-43)41-36-15-7-9-17-39(36)46-42(35)41/h1-28H. The highest BCUT2D eigenvalue weighted by Gasteiger charge is 2.19. The molecule has 0 unspecified atom stereocenters. The summed E-state index contributed by atoms with van der Waals surface area (Å²) in [4.78, 5) is 7.37. The molecule has 0 bridgehead atoms. The van der Waals surface area contributed by atoms with Crippen molar-refractivity contribution in [3.63, 3.8) is 0 Å². The van der Waals surface area contributed by atoms with E-state index in [0.717, 1.165) is 27.6 Å². The predicted octanol–water partition coefficient (Wildman–Crippen LogP) is 13.1. The Morgan fingerprint density at radius 1 is 0.404 bits per heavy atom. The first-order chi connectivity index (χ1) is 23.3. The lowest BCUT2D eigenvalue weighted by Crippen LogP contribution is -2.09. The third kappa shape index (κ3) is 4.99. The molecule has 0 fully saturated rings. The zero-order chi connectivity index (χ0) is 31.2. The number of thiophene rings is 1. The number of anilines is 3. The van der Waals surface area contributed by atoms with E-state index >= 15 is 0 Å². The summed E-state index contributed by atoms with van der Waals surface area (Å²) in [7, 11) is 0. The molecule has 0 aliphatic heterocycles. The average Bonchev–Trinajstić information content (AvgIpc) is 3.75. The molecule has 0 aliphatic rings. The van der Waals surface area contributed by atoms with Crippen LogP contribution in [0.4, 0.5) is 17.1 Å². The Morgan fingerprint density at radius 2 is 0.957 bits per heavy atom. The normalized spacial score (nSPS) is 11.4. The van der Waals surface area contributed by atoms with Crippen molar-refractivity contribution in [2.75, 3.05) is 4.90 Å². The molecule has 9 aromatic rings. The maximum atomic E-state index is 5.05. The van der Waals surface area contributed by atoms with Gasteiger partial charge in [0.1, 0.15) is 5.01 Å². The molecule has 0 saturated heterocycles. The maximum absolute atomic E-state index is 5.05. The van der Waals surface area contributed by atoms with Crippen molar-refractivity contribution >= 4 is 70.1 Å². The van der Waals surface area contributed by atoms with Crippen molar-refractivity contribution in [2.24, 2.45) is 0 Å². The summed E-state index contributed by atoms with van der Waals surface area (Å²) < 4.78 is 3.81. The van der Waals surface area contributed by atoms with Gasteiger partial charge in [-0.1, -0.05) is 115 Å². The first-order valence-electron chi connectivity index (χ1n) is 15.7. The number of aromatic nitrogens is 1. The van der Waals surface area contributed by atoms with Crippen molar-refractivity contribution in [3.8, 4) is 32.8 Å². The monoisotopic (exact) mass is 636 g/mol. The molecule has 0 spiro atoms. The minimum atomic E-state index is 1.05. The van der Waals surface area contributed by atoms with Gasteiger partial charge >= 0.3 is 0 Å². The SMILES string of the molecule is c1ccc(-c2ccc(N(c3ccccc3)c3ccc(-c4ccc(-c5nc6ccccc6s5)c5c4sc4ccccc45)cc3)cc2)cc1. The van der Waals surface area contributed by atoms with Crippen LogP contribution in [0.3, 0.4) is 0 Å². The van der Waals surface area contributed by atoms with Crippen molar-refractivity contribution in [2.45, 2.75) is 0 Å². The van der Waals surface area contributed by atoms with E-state index in [0.29, 0.717) is 0 Å². The molecule has 2 aromatic heterocycles. The van der Waals surface area contributed by atoms with Crippen LogP contribution in [0.25, 0.3) is 63.2 Å². The summed E-state index contributed by atoms with van der Waals surface area (Å²) in [6.07, 6.45) is 0. The third-order valence-corrected chi connectivity index (χ3v) is 11.0. The molecule has 47 heavy (non-hydrogen) atoms. The van der Waals surface area contributed by atoms with E-state index < -0.39 is 0 Å². The van der Waals surface area contributed by atoms with E-state index in [9.17, 15) is 0 Å². The van der Waals surface area contributed by atoms with Crippen LogP contribution in [-0.4, -0.2) is 4.98 Å². The van der Waals surface area contributed by atoms with Gasteiger partial charge in [0.25, 0.3) is 0 Å². The number of fused-ring (bicyclic) bond motifs is 4. The summed E-state index contributed by atoms with van der Waals surface area (Å²) in [5.74, 6) is 0. The number of para-hydroxylation sites is 2. The van der Waals surface area contributed by atoms with Gasteiger partial charge in [-0.3, -0.25) is 0 Å². The van der Waals surface area contributed by atoms with Gasteiger partial charge < -0.3 is 4.90 Å². The maximum Gasteiger partial charge on any atom is 0.125 e. The Bertz CT molecular complexity index is 2460. The van der Waals surface area contributed by atoms with E-state index in [1.54, 1.807) is 11.3 Å². The second-order valence-corrected chi connectivity index (χ2v) is 13.7. The molecule has 2 nitrogen and oxygen atoms in total. The van der Waals surface area contributed by atoms with Gasteiger partial charge in [0.15, 0.2) is 0 Å². The molecule has 7 aromatic carbocycles. The van der Waals surface area contributed by atoms with Gasteiger partial charge in [0, 0.05) is 42.8 Å². The van der Waals surface area contributed by atoms with Crippen LogP contribution < -0.4 is 4.90 Å². The molecule has 0 amide bonds. The second-order valence-electron chi connectivity index (χ2n) is 11.6. The van der Waals surface area contributed by atoms with Crippen LogP contribution in [0.1, 0.15) is 0 Å². The predicted molar refractivity (Wildman–Crippen MR) is 203 cm³/mol. The Kier molecular flexibility index (Phi) is 6.89. The third-order valence-electron chi connectivity index (χ3n) is 8.73. The van der Waals surface area contributed by atoms with Crippen LogP contribution in [0.15, 0.2) is 170 Å². The minimum Gasteiger partial charge on any atom is -0.311 e. The largest absolute Gasteiger partial charge is 0.311 e. The van der Waals surface area contributed by atoms with Crippen molar-refractivity contribution < 1.29 is 0 Å². The summed E-state index contributed by atoms with van der Waals surface area (Å²) in [5.41, 5.74) is 10.5. The molecule has 0 N–H and O–H groups in total. The average molecular weight is 637 g/mol. The van der Waals surface area contributed by atoms with Crippen LogP contribution in [0, 0.1) is 0 Å². The first-order valence-corrected chi connectivity index (χ1v) is 17.3. The Labute approximate surface area is 281 Å². The Morgan fingerprint density at radius 3 is 1.68 bits per heavy atom. The lowest BCUT2D eigenvalue weighted by atomic mass is 9.98. The van der Waals surface area contributed by atoms with E-state index in [1.807, 2.05) is 11.3 Å². The van der Waals surface area contributed by atoms with E-state index in [2.05, 4.69) is 175 Å². The lowest BCUT2D eigenvalue weighted by Gasteiger charge is -2.26. The van der Waals surface area contributed by atoms with Crippen LogP contribution in [-0.2, 0) is 0 Å². The summed E-state index contributed by atoms with van der Waals surface area (Å²) in [5, 5.41) is 3.64. The smallest absolute Gasteiger partial charge is 0.125 e. The lowest BCUT2D eigenvalue weighted by molar-refractivity contribution is 1.28. The highest BCUT2D eigenvalue weighted by molar-refractivity contribution is 7.26. The van der Waals surface area contributed by atoms with Gasteiger partial charge in [-0.05, 0) is 76.9 Å². The quantitative estimate of drug-likeness (QED) is 0.181. The van der Waals surface area contributed by atoms with Gasteiger partial charge in [0.05, 0.1) is 10.2 Å². The van der Waals surface area contributed by atoms with Crippen molar-refractivity contribution in [1.29, 1.82) is 0 Å². The number of thiazole rings is 1. The minimum absolute atomic E-state index is 1.05. The van der Waals surface area contributed by atoms with Crippen LogP contribution >= 0.6 is 22.7 Å². The molecule has 0 saturated carbocycles. The van der Waals surface area contributed by atoms with E-state index in [-0.39, 0.29) is 0 Å². The van der Waals surface area contributed by atoms with Gasteiger partial charge in [0.2, 0.25) is 0 Å². The second kappa shape index (κ2) is 11.7. The van der Waals surface area contributed by atoms with Gasteiger partial charge in [-0.2, -0.15) is 0 Å². The van der Waals surface area contributed by atoms with Crippen LogP contribution in [0.2, 0.25) is 0 Å². The molecule has 222 valence electrons. The summed E-state index contributed by atoms with van der Waals surface area (Å²) in [6, 6.07) is 60.7. The highest BCUT2D eigenvalue weighted by atomic mass is 32.1. The molecule has 0 atom stereocenters. The fourth-order valence-electron chi connectivity index (χ4n) is 6.47. The molecule has 9 rings (SSSR count). The molecule has 2 heterocycles. The molecule has 4 heteroatoms. The number of nitrogens with zero attached hydrogens (tertiary/aromatic N) is 2. The number of hydrogen-bond donors (Lipinski definition) is 0. The van der Waals surface area contributed by atoms with E-state index in [1.165, 1.54) is 52.7 Å². The summed E-state index contributed by atoms with van der Waals surface area (Å²) in [6.45, 7) is 0. The fraction of sp³-hybridized carbons (Fsp3) is 0. The van der Waals surface area contributed by atoms with Crippen molar-refractivity contribution in [3.05, 3.63) is 170 Å². The number of hydrogen-bond acceptors (Lipinski definition) is 4. The fourth-order valence-corrected chi connectivity index (χ4v) is 8.73. The van der Waals surface area contributed by atoms with Gasteiger partial charge in [-0.25, -0.2) is 4.98 Å². The van der Waals surface area contributed by atoms with Crippen molar-refractivity contribution in [1.82, 2.24) is 4.98 Å². The zero-order valence-corrected chi connectivity index (χ0v) is 27.0. The summed E-state index contributed by atoms with van der Waals surface area (Å²) >= 11 is 3.64. The van der Waals surface area contributed by atoms with Gasteiger partial charge in [-0.15, -0.1) is 22.7 Å².